The van der Waals surface area contributed by atoms with Gasteiger partial charge in [-0.05, 0) is 75.2 Å². The van der Waals surface area contributed by atoms with Gasteiger partial charge in [0.15, 0.2) is 5.82 Å². The highest BCUT2D eigenvalue weighted by molar-refractivity contribution is 5.82. The summed E-state index contributed by atoms with van der Waals surface area (Å²) in [5.41, 5.74) is 6.05. The van der Waals surface area contributed by atoms with Crippen LogP contribution in [0, 0.1) is 25.2 Å². The fourth-order valence-electron chi connectivity index (χ4n) is 4.59. The maximum absolute atomic E-state index is 9.44. The monoisotopic (exact) mass is 476 g/mol. The second kappa shape index (κ2) is 8.91. The molecule has 0 aliphatic carbocycles. The van der Waals surface area contributed by atoms with Gasteiger partial charge in [-0.25, -0.2) is 9.97 Å². The number of anilines is 2. The molecule has 5 aromatic rings. The van der Waals surface area contributed by atoms with E-state index in [0.717, 1.165) is 64.8 Å². The molecule has 1 aliphatic rings. The van der Waals surface area contributed by atoms with E-state index in [9.17, 15) is 5.26 Å². The molecular weight excluding hydrogens is 452 g/mol. The van der Waals surface area contributed by atoms with E-state index >= 15 is 0 Å². The van der Waals surface area contributed by atoms with Gasteiger partial charge in [0.1, 0.15) is 24.0 Å². The summed E-state index contributed by atoms with van der Waals surface area (Å²) in [5, 5.41) is 21.1. The van der Waals surface area contributed by atoms with E-state index in [1.54, 1.807) is 6.33 Å². The molecule has 0 saturated carbocycles. The topological polar surface area (TPSA) is 106 Å². The van der Waals surface area contributed by atoms with Crippen LogP contribution in [0.25, 0.3) is 22.7 Å². The Morgan fingerprint density at radius 1 is 1.06 bits per heavy atom. The highest BCUT2D eigenvalue weighted by atomic mass is 16.5. The van der Waals surface area contributed by atoms with Gasteiger partial charge in [0.2, 0.25) is 0 Å². The van der Waals surface area contributed by atoms with Crippen LogP contribution in [0.3, 0.4) is 0 Å². The molecule has 6 rings (SSSR count). The Hall–Kier alpha value is -4.55. The number of pyridine rings is 1. The van der Waals surface area contributed by atoms with Gasteiger partial charge in [-0.3, -0.25) is 4.57 Å². The Morgan fingerprint density at radius 2 is 1.97 bits per heavy atom. The molecule has 1 fully saturated rings. The fourth-order valence-corrected chi connectivity index (χ4v) is 4.59. The van der Waals surface area contributed by atoms with Gasteiger partial charge < -0.3 is 14.6 Å². The average Bonchev–Trinajstić information content (AvgIpc) is 3.65. The van der Waals surface area contributed by atoms with Gasteiger partial charge in [0, 0.05) is 29.7 Å². The van der Waals surface area contributed by atoms with E-state index in [0.29, 0.717) is 11.4 Å². The summed E-state index contributed by atoms with van der Waals surface area (Å²) >= 11 is 0. The highest BCUT2D eigenvalue weighted by Gasteiger charge is 2.24. The lowest BCUT2D eigenvalue weighted by Gasteiger charge is -2.18. The van der Waals surface area contributed by atoms with Gasteiger partial charge in [0.25, 0.3) is 0 Å². The molecule has 9 heteroatoms. The highest BCUT2D eigenvalue weighted by Crippen LogP contribution is 2.34. The number of ether oxygens (including phenoxy) is 1. The normalized spacial score (nSPS) is 15.3. The first-order valence-electron chi connectivity index (χ1n) is 11.9. The first-order valence-corrected chi connectivity index (χ1v) is 11.9. The molecule has 0 amide bonds. The second-order valence-corrected chi connectivity index (χ2v) is 8.94. The number of aromatic nitrogens is 6. The zero-order valence-electron chi connectivity index (χ0n) is 20.0. The molecule has 1 unspecified atom stereocenters. The molecule has 1 aromatic carbocycles. The molecule has 178 valence electrons. The number of nitrogens with one attached hydrogen (secondary N) is 1. The zero-order chi connectivity index (χ0) is 24.6. The number of hydrogen-bond acceptors (Lipinski definition) is 7. The van der Waals surface area contributed by atoms with Crippen LogP contribution < -0.4 is 5.32 Å². The Labute approximate surface area is 208 Å². The molecule has 5 heterocycles. The lowest BCUT2D eigenvalue weighted by molar-refractivity contribution is 0.111. The van der Waals surface area contributed by atoms with Crippen molar-refractivity contribution in [2.24, 2.45) is 0 Å². The van der Waals surface area contributed by atoms with Crippen molar-refractivity contribution >= 4 is 22.5 Å². The van der Waals surface area contributed by atoms with E-state index in [-0.39, 0.29) is 6.10 Å². The van der Waals surface area contributed by atoms with Crippen LogP contribution >= 0.6 is 0 Å². The van der Waals surface area contributed by atoms with Crippen LogP contribution in [0.5, 0.6) is 0 Å². The third-order valence-corrected chi connectivity index (χ3v) is 6.40. The molecule has 0 spiro atoms. The van der Waals surface area contributed by atoms with Crippen LogP contribution in [0.15, 0.2) is 61.1 Å². The summed E-state index contributed by atoms with van der Waals surface area (Å²) in [6, 6.07) is 17.9. The third kappa shape index (κ3) is 3.97. The summed E-state index contributed by atoms with van der Waals surface area (Å²) in [6.45, 7) is 4.63. The van der Waals surface area contributed by atoms with Gasteiger partial charge in [-0.15, -0.1) is 5.10 Å². The molecule has 0 radical (unpaired) electrons. The minimum Gasteiger partial charge on any atom is -0.373 e. The maximum atomic E-state index is 9.44. The predicted molar refractivity (Wildman–Crippen MR) is 136 cm³/mol. The Bertz CT molecular complexity index is 1600. The summed E-state index contributed by atoms with van der Waals surface area (Å²) in [4.78, 5) is 9.65. The van der Waals surface area contributed by atoms with Gasteiger partial charge in [-0.1, -0.05) is 0 Å². The fraction of sp³-hybridized carbons (Fsp3) is 0.222. The molecule has 1 atom stereocenters. The second-order valence-electron chi connectivity index (χ2n) is 8.94. The predicted octanol–water partition coefficient (Wildman–Crippen LogP) is 5.08. The zero-order valence-corrected chi connectivity index (χ0v) is 20.0. The minimum atomic E-state index is -0.0140. The van der Waals surface area contributed by atoms with Gasteiger partial charge >= 0.3 is 0 Å². The Balaban J connectivity index is 1.44. The van der Waals surface area contributed by atoms with E-state index in [2.05, 4.69) is 32.6 Å². The van der Waals surface area contributed by atoms with Crippen molar-refractivity contribution in [2.45, 2.75) is 32.8 Å². The van der Waals surface area contributed by atoms with E-state index in [1.165, 1.54) is 0 Å². The number of benzene rings is 1. The van der Waals surface area contributed by atoms with Crippen molar-refractivity contribution in [2.75, 3.05) is 11.9 Å². The summed E-state index contributed by atoms with van der Waals surface area (Å²) < 4.78 is 9.94. The number of imidazole rings is 1. The van der Waals surface area contributed by atoms with Crippen molar-refractivity contribution in [3.05, 3.63) is 83.6 Å². The maximum Gasteiger partial charge on any atom is 0.153 e. The number of fused-ring (bicyclic) bond motifs is 1. The lowest BCUT2D eigenvalue weighted by Crippen LogP contribution is -2.10. The van der Waals surface area contributed by atoms with Crippen LogP contribution in [0.2, 0.25) is 0 Å². The summed E-state index contributed by atoms with van der Waals surface area (Å²) in [5.74, 6) is 2.17. The number of nitriles is 1. The van der Waals surface area contributed by atoms with Gasteiger partial charge in [-0.2, -0.15) is 10.4 Å². The number of hydrogen-bond donors (Lipinski definition) is 1. The van der Waals surface area contributed by atoms with Crippen LogP contribution in [0.1, 0.15) is 41.5 Å². The lowest BCUT2D eigenvalue weighted by atomic mass is 10.1. The van der Waals surface area contributed by atoms with Crippen LogP contribution in [-0.4, -0.2) is 35.9 Å². The quantitative estimate of drug-likeness (QED) is 0.377. The molecule has 4 aromatic heterocycles. The SMILES string of the molecule is Cc1ccc(Nc2ccc3ncn(-c4ccc(C5CCCO5)c(-n5cc(C#N)cc5C)n4)c3c2)nn1. The summed E-state index contributed by atoms with van der Waals surface area (Å²) in [6.07, 6.45) is 5.56. The molecule has 1 saturated heterocycles. The largest absolute Gasteiger partial charge is 0.373 e. The van der Waals surface area contributed by atoms with Crippen LogP contribution in [-0.2, 0) is 4.74 Å². The minimum absolute atomic E-state index is 0.0140. The molecule has 0 bridgehead atoms. The first kappa shape index (κ1) is 21.9. The van der Waals surface area contributed by atoms with Crippen LogP contribution in [0.4, 0.5) is 11.5 Å². The van der Waals surface area contributed by atoms with Crippen molar-refractivity contribution in [3.8, 4) is 17.7 Å². The number of rotatable bonds is 5. The van der Waals surface area contributed by atoms with E-state index < -0.39 is 0 Å². The van der Waals surface area contributed by atoms with E-state index in [4.69, 9.17) is 9.72 Å². The van der Waals surface area contributed by atoms with Crippen molar-refractivity contribution in [1.82, 2.24) is 29.3 Å². The van der Waals surface area contributed by atoms with Crippen molar-refractivity contribution in [3.63, 3.8) is 0 Å². The molecule has 1 N–H and O–H groups in total. The number of aryl methyl sites for hydroxylation is 2. The molecular formula is C27H24N8O. The molecule has 36 heavy (non-hydrogen) atoms. The number of nitrogens with zero attached hydrogens (tertiary/aromatic N) is 7. The standard InChI is InChI=1S/C27H24N8O/c1-17-5-9-25(33-32-17)30-20-6-8-22-23(13-20)35(16-29-22)26-10-7-21(24-4-3-11-36-24)27(31-26)34-15-19(14-28)12-18(34)2/h5-10,12-13,15-16,24H,3-4,11H2,1-2H3,(H,30,33). The third-order valence-electron chi connectivity index (χ3n) is 6.40. The molecule has 9 nitrogen and oxygen atoms in total. The first-order chi connectivity index (χ1) is 17.6. The molecule has 1 aliphatic heterocycles. The smallest absolute Gasteiger partial charge is 0.153 e. The Morgan fingerprint density at radius 3 is 2.72 bits per heavy atom. The average molecular weight is 477 g/mol. The Kier molecular flexibility index (Phi) is 5.43. The van der Waals surface area contributed by atoms with E-state index in [1.807, 2.05) is 71.6 Å². The van der Waals surface area contributed by atoms with Gasteiger partial charge in [0.05, 0.1) is 28.4 Å². The van der Waals surface area contributed by atoms with Crippen molar-refractivity contribution in [1.29, 1.82) is 5.26 Å². The van der Waals surface area contributed by atoms with Crippen molar-refractivity contribution < 1.29 is 4.74 Å². The summed E-state index contributed by atoms with van der Waals surface area (Å²) in [7, 11) is 0.